The molecule has 0 saturated carbocycles. The largest absolute Gasteiger partial charge is 0.377 e. The van der Waals surface area contributed by atoms with Crippen LogP contribution >= 0.6 is 11.8 Å². The maximum atomic E-state index is 13.7. The third kappa shape index (κ3) is 3.21. The summed E-state index contributed by atoms with van der Waals surface area (Å²) in [6.45, 7) is 2.67. The number of thioether (sulfide) groups is 1. The first-order chi connectivity index (χ1) is 8.18. The van der Waals surface area contributed by atoms with Gasteiger partial charge in [-0.1, -0.05) is 6.07 Å². The number of halogens is 1. The lowest BCUT2D eigenvalue weighted by molar-refractivity contribution is 0.129. The van der Waals surface area contributed by atoms with Crippen LogP contribution in [0, 0.1) is 5.82 Å². The highest BCUT2D eigenvalue weighted by atomic mass is 32.2. The molecule has 2 atom stereocenters. The zero-order valence-electron chi connectivity index (χ0n) is 9.99. The van der Waals surface area contributed by atoms with E-state index < -0.39 is 0 Å². The van der Waals surface area contributed by atoms with E-state index in [0.29, 0.717) is 11.7 Å². The highest BCUT2D eigenvalue weighted by molar-refractivity contribution is 7.99. The summed E-state index contributed by atoms with van der Waals surface area (Å²) in [5, 5.41) is 0. The topological polar surface area (TPSA) is 35.2 Å². The van der Waals surface area contributed by atoms with Crippen LogP contribution in [-0.4, -0.2) is 18.5 Å². The first kappa shape index (κ1) is 12.9. The van der Waals surface area contributed by atoms with Gasteiger partial charge in [0, 0.05) is 28.9 Å². The number of hydrogen-bond acceptors (Lipinski definition) is 3. The van der Waals surface area contributed by atoms with Crippen LogP contribution < -0.4 is 5.73 Å². The van der Waals surface area contributed by atoms with Gasteiger partial charge in [0.05, 0.1) is 6.10 Å². The second-order valence-electron chi connectivity index (χ2n) is 4.39. The zero-order valence-corrected chi connectivity index (χ0v) is 10.8. The van der Waals surface area contributed by atoms with Crippen molar-refractivity contribution in [1.82, 2.24) is 0 Å². The summed E-state index contributed by atoms with van der Waals surface area (Å²) < 4.78 is 19.2. The van der Waals surface area contributed by atoms with Gasteiger partial charge in [0.25, 0.3) is 0 Å². The van der Waals surface area contributed by atoms with Gasteiger partial charge in [0.1, 0.15) is 5.82 Å². The monoisotopic (exact) mass is 255 g/mol. The lowest BCUT2D eigenvalue weighted by atomic mass is 10.1. The Morgan fingerprint density at radius 1 is 1.59 bits per heavy atom. The van der Waals surface area contributed by atoms with Gasteiger partial charge < -0.3 is 10.5 Å². The fourth-order valence-electron chi connectivity index (χ4n) is 2.04. The SMILES string of the molecule is C[C@H](N)c1c(F)cccc1SCC1CCCO1. The van der Waals surface area contributed by atoms with Gasteiger partial charge >= 0.3 is 0 Å². The van der Waals surface area contributed by atoms with E-state index in [0.717, 1.165) is 30.1 Å². The summed E-state index contributed by atoms with van der Waals surface area (Å²) in [5.41, 5.74) is 6.44. The van der Waals surface area contributed by atoms with Crippen molar-refractivity contribution in [3.63, 3.8) is 0 Å². The summed E-state index contributed by atoms with van der Waals surface area (Å²) in [6.07, 6.45) is 2.55. The third-order valence-corrected chi connectivity index (χ3v) is 4.12. The molecular weight excluding hydrogens is 237 g/mol. The van der Waals surface area contributed by atoms with Gasteiger partial charge in [0.2, 0.25) is 0 Å². The molecule has 2 rings (SSSR count). The summed E-state index contributed by atoms with van der Waals surface area (Å²) in [5.74, 6) is 0.667. The van der Waals surface area contributed by atoms with E-state index in [4.69, 9.17) is 10.5 Å². The Morgan fingerprint density at radius 3 is 3.06 bits per heavy atom. The Bertz CT molecular complexity index is 378. The predicted molar refractivity (Wildman–Crippen MR) is 68.7 cm³/mol. The first-order valence-electron chi connectivity index (χ1n) is 5.97. The third-order valence-electron chi connectivity index (χ3n) is 2.92. The molecule has 0 aliphatic carbocycles. The van der Waals surface area contributed by atoms with Gasteiger partial charge in [-0.05, 0) is 31.9 Å². The molecule has 1 aromatic rings. The van der Waals surface area contributed by atoms with Crippen molar-refractivity contribution in [1.29, 1.82) is 0 Å². The van der Waals surface area contributed by atoms with Gasteiger partial charge in [-0.25, -0.2) is 4.39 Å². The Balaban J connectivity index is 2.06. The van der Waals surface area contributed by atoms with E-state index >= 15 is 0 Å². The van der Waals surface area contributed by atoms with Crippen LogP contribution in [0.5, 0.6) is 0 Å². The Hall–Kier alpha value is -0.580. The van der Waals surface area contributed by atoms with Crippen molar-refractivity contribution in [3.8, 4) is 0 Å². The minimum absolute atomic E-state index is 0.211. The normalized spacial score (nSPS) is 21.7. The summed E-state index contributed by atoms with van der Waals surface area (Å²) in [7, 11) is 0. The van der Waals surface area contributed by atoms with Crippen molar-refractivity contribution < 1.29 is 9.13 Å². The van der Waals surface area contributed by atoms with Crippen molar-refractivity contribution in [2.75, 3.05) is 12.4 Å². The second-order valence-corrected chi connectivity index (χ2v) is 5.45. The van der Waals surface area contributed by atoms with Gasteiger partial charge in [-0.3, -0.25) is 0 Å². The molecule has 1 heterocycles. The van der Waals surface area contributed by atoms with Crippen LogP contribution in [0.2, 0.25) is 0 Å². The molecule has 4 heteroatoms. The van der Waals surface area contributed by atoms with Crippen LogP contribution in [0.1, 0.15) is 31.4 Å². The zero-order chi connectivity index (χ0) is 12.3. The molecule has 2 nitrogen and oxygen atoms in total. The molecule has 0 amide bonds. The Morgan fingerprint density at radius 2 is 2.41 bits per heavy atom. The fraction of sp³-hybridized carbons (Fsp3) is 0.538. The lowest BCUT2D eigenvalue weighted by Gasteiger charge is -2.15. The predicted octanol–water partition coefficient (Wildman–Crippen LogP) is 3.12. The minimum Gasteiger partial charge on any atom is -0.377 e. The molecule has 2 N–H and O–H groups in total. The molecule has 1 aliphatic heterocycles. The van der Waals surface area contributed by atoms with Gasteiger partial charge in [-0.2, -0.15) is 0 Å². The molecule has 0 bridgehead atoms. The average Bonchev–Trinajstić information content (AvgIpc) is 2.78. The molecule has 1 aromatic carbocycles. The molecule has 0 aromatic heterocycles. The van der Waals surface area contributed by atoms with Crippen LogP contribution in [0.25, 0.3) is 0 Å². The molecule has 1 fully saturated rings. The highest BCUT2D eigenvalue weighted by Gasteiger charge is 2.18. The summed E-state index contributed by atoms with van der Waals surface area (Å²) in [6, 6.07) is 4.86. The second kappa shape index (κ2) is 5.85. The maximum absolute atomic E-state index is 13.7. The molecule has 94 valence electrons. The van der Waals surface area contributed by atoms with E-state index in [9.17, 15) is 4.39 Å². The first-order valence-corrected chi connectivity index (χ1v) is 6.95. The Kier molecular flexibility index (Phi) is 4.42. The average molecular weight is 255 g/mol. The fourth-order valence-corrected chi connectivity index (χ4v) is 3.29. The van der Waals surface area contributed by atoms with E-state index in [1.54, 1.807) is 17.8 Å². The van der Waals surface area contributed by atoms with Crippen molar-refractivity contribution in [2.24, 2.45) is 5.73 Å². The number of hydrogen-bond donors (Lipinski definition) is 1. The summed E-state index contributed by atoms with van der Waals surface area (Å²) >= 11 is 1.64. The van der Waals surface area contributed by atoms with Crippen LogP contribution in [0.15, 0.2) is 23.1 Å². The summed E-state index contributed by atoms with van der Waals surface area (Å²) in [4.78, 5) is 0.940. The van der Waals surface area contributed by atoms with E-state index in [1.165, 1.54) is 6.07 Å². The van der Waals surface area contributed by atoms with Crippen LogP contribution in [0.3, 0.4) is 0 Å². The molecule has 1 aliphatic rings. The van der Waals surface area contributed by atoms with Gasteiger partial charge in [0.15, 0.2) is 0 Å². The van der Waals surface area contributed by atoms with Crippen LogP contribution in [0.4, 0.5) is 4.39 Å². The number of ether oxygens (including phenoxy) is 1. The van der Waals surface area contributed by atoms with Gasteiger partial charge in [-0.15, -0.1) is 11.8 Å². The number of nitrogens with two attached hydrogens (primary N) is 1. The van der Waals surface area contributed by atoms with Crippen molar-refractivity contribution in [2.45, 2.75) is 36.8 Å². The number of benzene rings is 1. The molecule has 1 saturated heterocycles. The number of rotatable bonds is 4. The standard InChI is InChI=1S/C13H18FNOS/c1-9(15)13-11(14)5-2-6-12(13)17-8-10-4-3-7-16-10/h2,5-6,9-10H,3-4,7-8,15H2,1H3/t9-,10?/m0/s1. The van der Waals surface area contributed by atoms with Crippen molar-refractivity contribution >= 4 is 11.8 Å². The van der Waals surface area contributed by atoms with E-state index in [1.807, 2.05) is 13.0 Å². The molecular formula is C13H18FNOS. The lowest BCUT2D eigenvalue weighted by Crippen LogP contribution is -2.11. The minimum atomic E-state index is -0.275. The molecule has 1 unspecified atom stereocenters. The van der Waals surface area contributed by atoms with E-state index in [2.05, 4.69) is 0 Å². The maximum Gasteiger partial charge on any atom is 0.129 e. The molecule has 0 spiro atoms. The van der Waals surface area contributed by atoms with Crippen molar-refractivity contribution in [3.05, 3.63) is 29.6 Å². The van der Waals surface area contributed by atoms with E-state index in [-0.39, 0.29) is 11.9 Å². The molecule has 17 heavy (non-hydrogen) atoms. The smallest absolute Gasteiger partial charge is 0.129 e. The highest BCUT2D eigenvalue weighted by Crippen LogP contribution is 2.30. The van der Waals surface area contributed by atoms with Crippen LogP contribution in [-0.2, 0) is 4.74 Å². The Labute approximate surface area is 106 Å². The quantitative estimate of drug-likeness (QED) is 0.840. The molecule has 0 radical (unpaired) electrons.